The van der Waals surface area contributed by atoms with Gasteiger partial charge in [-0.05, 0) is 47.5 Å². The average molecular weight is 394 g/mol. The van der Waals surface area contributed by atoms with Crippen molar-refractivity contribution >= 4 is 23.3 Å². The highest BCUT2D eigenvalue weighted by molar-refractivity contribution is 6.31. The smallest absolute Gasteiger partial charge is 0.161 e. The van der Waals surface area contributed by atoms with Crippen LogP contribution < -0.4 is 9.47 Å². The van der Waals surface area contributed by atoms with Gasteiger partial charge in [0, 0.05) is 10.6 Å². The summed E-state index contributed by atoms with van der Waals surface area (Å²) < 4.78 is 24.7. The average Bonchev–Trinajstić information content (AvgIpc) is 2.71. The second-order valence-electron chi connectivity index (χ2n) is 5.97. The van der Waals surface area contributed by atoms with E-state index in [0.717, 1.165) is 11.1 Å². The number of halogens is 2. The summed E-state index contributed by atoms with van der Waals surface area (Å²) >= 11 is 6.16. The summed E-state index contributed by atoms with van der Waals surface area (Å²) in [4.78, 5) is 0. The van der Waals surface area contributed by atoms with Gasteiger partial charge in [0.1, 0.15) is 12.4 Å². The minimum absolute atomic E-state index is 0.304. The van der Waals surface area contributed by atoms with Crippen LogP contribution in [0.5, 0.6) is 11.5 Å². The van der Waals surface area contributed by atoms with Crippen molar-refractivity contribution < 1.29 is 13.9 Å². The molecule has 0 bridgehead atoms. The zero-order chi connectivity index (χ0) is 19.9. The summed E-state index contributed by atoms with van der Waals surface area (Å²) in [6.45, 7) is 0.304. The van der Waals surface area contributed by atoms with E-state index in [2.05, 4.69) is 6.07 Å². The third-order valence-electron chi connectivity index (χ3n) is 4.10. The first-order chi connectivity index (χ1) is 13.6. The molecule has 140 valence electrons. The second-order valence-corrected chi connectivity index (χ2v) is 6.38. The first-order valence-corrected chi connectivity index (χ1v) is 8.90. The molecular weight excluding hydrogens is 377 g/mol. The van der Waals surface area contributed by atoms with E-state index in [4.69, 9.17) is 21.1 Å². The Morgan fingerprint density at radius 1 is 1.07 bits per heavy atom. The topological polar surface area (TPSA) is 42.2 Å². The maximum atomic E-state index is 13.4. The van der Waals surface area contributed by atoms with E-state index in [1.807, 2.05) is 18.2 Å². The zero-order valence-electron chi connectivity index (χ0n) is 15.2. The molecule has 0 aliphatic rings. The van der Waals surface area contributed by atoms with Crippen LogP contribution in [0.25, 0.3) is 11.6 Å². The van der Waals surface area contributed by atoms with Crippen molar-refractivity contribution in [1.29, 1.82) is 5.26 Å². The summed E-state index contributed by atoms with van der Waals surface area (Å²) in [5.41, 5.74) is 2.47. The van der Waals surface area contributed by atoms with Gasteiger partial charge in [-0.3, -0.25) is 0 Å². The Hall–Kier alpha value is -3.29. The normalized spacial score (nSPS) is 11.0. The number of hydrogen-bond donors (Lipinski definition) is 0. The van der Waals surface area contributed by atoms with Gasteiger partial charge in [-0.1, -0.05) is 48.0 Å². The Morgan fingerprint density at radius 2 is 1.89 bits per heavy atom. The van der Waals surface area contributed by atoms with E-state index < -0.39 is 0 Å². The van der Waals surface area contributed by atoms with Crippen LogP contribution in [0.2, 0.25) is 5.02 Å². The molecule has 3 rings (SSSR count). The SMILES string of the molecule is COc1cc(/C=C(/C#N)c2cccc(F)c2)ccc1OCc1ccccc1Cl. The van der Waals surface area contributed by atoms with E-state index in [9.17, 15) is 9.65 Å². The molecule has 0 atom stereocenters. The van der Waals surface area contributed by atoms with E-state index in [1.165, 1.54) is 12.1 Å². The van der Waals surface area contributed by atoms with Gasteiger partial charge in [-0.15, -0.1) is 0 Å². The Labute approximate surface area is 168 Å². The molecule has 3 nitrogen and oxygen atoms in total. The molecule has 0 saturated carbocycles. The minimum Gasteiger partial charge on any atom is -0.493 e. The number of nitriles is 1. The Bertz CT molecular complexity index is 1060. The van der Waals surface area contributed by atoms with Gasteiger partial charge < -0.3 is 9.47 Å². The lowest BCUT2D eigenvalue weighted by Gasteiger charge is -2.12. The second kappa shape index (κ2) is 9.07. The first kappa shape index (κ1) is 19.5. The molecule has 5 heteroatoms. The maximum absolute atomic E-state index is 13.4. The minimum atomic E-state index is -0.389. The van der Waals surface area contributed by atoms with Gasteiger partial charge in [0.05, 0.1) is 18.8 Å². The number of methoxy groups -OCH3 is 1. The standard InChI is InChI=1S/C23H17ClFNO2/c1-27-23-12-16(11-19(14-26)17-6-4-7-20(25)13-17)9-10-22(23)28-15-18-5-2-3-8-21(18)24/h2-13H,15H2,1H3/b19-11-. The number of nitrogens with zero attached hydrogens (tertiary/aromatic N) is 1. The highest BCUT2D eigenvalue weighted by Gasteiger charge is 2.09. The number of benzene rings is 3. The molecule has 0 spiro atoms. The fourth-order valence-electron chi connectivity index (χ4n) is 2.67. The van der Waals surface area contributed by atoms with Crippen molar-refractivity contribution in [3.05, 3.63) is 94.3 Å². The van der Waals surface area contributed by atoms with Gasteiger partial charge in [-0.2, -0.15) is 5.26 Å². The molecule has 0 aliphatic carbocycles. The van der Waals surface area contributed by atoms with Gasteiger partial charge in [0.2, 0.25) is 0 Å². The molecule has 0 heterocycles. The molecular formula is C23H17ClFNO2. The lowest BCUT2D eigenvalue weighted by atomic mass is 10.0. The van der Waals surface area contributed by atoms with Crippen molar-refractivity contribution in [2.75, 3.05) is 7.11 Å². The third kappa shape index (κ3) is 4.70. The lowest BCUT2D eigenvalue weighted by Crippen LogP contribution is -1.98. The molecule has 0 aliphatic heterocycles. The van der Waals surface area contributed by atoms with Crippen LogP contribution in [0.4, 0.5) is 4.39 Å². The largest absolute Gasteiger partial charge is 0.493 e. The van der Waals surface area contributed by atoms with Gasteiger partial charge in [0.15, 0.2) is 11.5 Å². The molecule has 0 amide bonds. The summed E-state index contributed by atoms with van der Waals surface area (Å²) in [5, 5.41) is 10.1. The fraction of sp³-hybridized carbons (Fsp3) is 0.0870. The van der Waals surface area contributed by atoms with Crippen molar-refractivity contribution in [3.63, 3.8) is 0 Å². The van der Waals surface area contributed by atoms with Crippen molar-refractivity contribution in [2.24, 2.45) is 0 Å². The van der Waals surface area contributed by atoms with Crippen LogP contribution in [0.3, 0.4) is 0 Å². The molecule has 0 radical (unpaired) electrons. The van der Waals surface area contributed by atoms with E-state index in [1.54, 1.807) is 49.6 Å². The number of allylic oxidation sites excluding steroid dienone is 1. The summed E-state index contributed by atoms with van der Waals surface area (Å²) in [6, 6.07) is 20.8. The van der Waals surface area contributed by atoms with Crippen molar-refractivity contribution in [3.8, 4) is 17.6 Å². The molecule has 3 aromatic rings. The number of rotatable bonds is 6. The first-order valence-electron chi connectivity index (χ1n) is 8.52. The monoisotopic (exact) mass is 393 g/mol. The van der Waals surface area contributed by atoms with Gasteiger partial charge in [-0.25, -0.2) is 4.39 Å². The van der Waals surface area contributed by atoms with Crippen LogP contribution in [-0.4, -0.2) is 7.11 Å². The predicted molar refractivity (Wildman–Crippen MR) is 109 cm³/mol. The van der Waals surface area contributed by atoms with Gasteiger partial charge >= 0.3 is 0 Å². The summed E-state index contributed by atoms with van der Waals surface area (Å²) in [7, 11) is 1.54. The molecule has 0 fully saturated rings. The Morgan fingerprint density at radius 3 is 2.61 bits per heavy atom. The molecule has 0 N–H and O–H groups in total. The summed E-state index contributed by atoms with van der Waals surface area (Å²) in [5.74, 6) is 0.695. The maximum Gasteiger partial charge on any atom is 0.161 e. The van der Waals surface area contributed by atoms with Crippen LogP contribution in [0.15, 0.2) is 66.7 Å². The van der Waals surface area contributed by atoms with E-state index >= 15 is 0 Å². The Kier molecular flexibility index (Phi) is 6.31. The molecule has 0 aromatic heterocycles. The molecule has 28 heavy (non-hydrogen) atoms. The highest BCUT2D eigenvalue weighted by atomic mass is 35.5. The quantitative estimate of drug-likeness (QED) is 0.373. The third-order valence-corrected chi connectivity index (χ3v) is 4.46. The lowest BCUT2D eigenvalue weighted by molar-refractivity contribution is 0.284. The van der Waals surface area contributed by atoms with Crippen LogP contribution in [0.1, 0.15) is 16.7 Å². The molecule has 0 unspecified atom stereocenters. The van der Waals surface area contributed by atoms with Crippen LogP contribution in [-0.2, 0) is 6.61 Å². The number of ether oxygens (including phenoxy) is 2. The van der Waals surface area contributed by atoms with Crippen LogP contribution >= 0.6 is 11.6 Å². The van der Waals surface area contributed by atoms with Crippen molar-refractivity contribution in [2.45, 2.75) is 6.61 Å². The van der Waals surface area contributed by atoms with Crippen molar-refractivity contribution in [1.82, 2.24) is 0 Å². The fourth-order valence-corrected chi connectivity index (χ4v) is 2.86. The zero-order valence-corrected chi connectivity index (χ0v) is 15.9. The molecule has 0 saturated heterocycles. The summed E-state index contributed by atoms with van der Waals surface area (Å²) in [6.07, 6.45) is 1.68. The molecule has 3 aromatic carbocycles. The predicted octanol–water partition coefficient (Wildman–Crippen LogP) is 6.13. The highest BCUT2D eigenvalue weighted by Crippen LogP contribution is 2.31. The van der Waals surface area contributed by atoms with Gasteiger partial charge in [0.25, 0.3) is 0 Å². The number of hydrogen-bond acceptors (Lipinski definition) is 3. The van der Waals surface area contributed by atoms with Crippen LogP contribution in [0, 0.1) is 17.1 Å². The van der Waals surface area contributed by atoms with E-state index in [0.29, 0.717) is 34.3 Å². The van der Waals surface area contributed by atoms with E-state index in [-0.39, 0.29) is 5.82 Å². The Balaban J connectivity index is 1.84.